The van der Waals surface area contributed by atoms with Crippen LogP contribution in [0.1, 0.15) is 32.1 Å². The normalized spacial score (nSPS) is 18.3. The molecule has 0 saturated heterocycles. The van der Waals surface area contributed by atoms with Crippen LogP contribution in [0.5, 0.6) is 0 Å². The van der Waals surface area contributed by atoms with Gasteiger partial charge in [-0.25, -0.2) is 13.1 Å². The van der Waals surface area contributed by atoms with Crippen LogP contribution in [0.3, 0.4) is 0 Å². The molecule has 0 atom stereocenters. The van der Waals surface area contributed by atoms with Crippen LogP contribution >= 0.6 is 0 Å². The number of nitro groups is 1. The minimum Gasteiger partial charge on any atom is -0.394 e. The zero-order valence-electron chi connectivity index (χ0n) is 11.5. The summed E-state index contributed by atoms with van der Waals surface area (Å²) in [5.74, 6) is 0. The highest BCUT2D eigenvalue weighted by Crippen LogP contribution is 2.30. The lowest BCUT2D eigenvalue weighted by Gasteiger charge is -2.35. The number of nitrogens with one attached hydrogen (secondary N) is 1. The molecule has 0 bridgehead atoms. The van der Waals surface area contributed by atoms with Crippen molar-refractivity contribution in [2.45, 2.75) is 42.5 Å². The van der Waals surface area contributed by atoms with E-state index in [-0.39, 0.29) is 17.2 Å². The molecular weight excluding hydrogens is 296 g/mol. The van der Waals surface area contributed by atoms with E-state index in [2.05, 4.69) is 4.72 Å². The number of hydrogen-bond donors (Lipinski definition) is 2. The Morgan fingerprint density at radius 1 is 1.29 bits per heavy atom. The number of sulfonamides is 1. The Bertz CT molecular complexity index is 623. The zero-order chi connectivity index (χ0) is 15.5. The maximum absolute atomic E-state index is 12.4. The van der Waals surface area contributed by atoms with E-state index in [1.807, 2.05) is 0 Å². The van der Waals surface area contributed by atoms with Crippen molar-refractivity contribution >= 4 is 15.7 Å². The van der Waals surface area contributed by atoms with E-state index in [4.69, 9.17) is 0 Å². The second-order valence-electron chi connectivity index (χ2n) is 5.36. The number of aliphatic hydroxyl groups is 1. The predicted octanol–water partition coefficient (Wildman–Crippen LogP) is 1.57. The number of nitro benzene ring substituents is 1. The molecule has 0 unspecified atom stereocenters. The fourth-order valence-electron chi connectivity index (χ4n) is 2.63. The molecular formula is C13H18N2O5S. The van der Waals surface area contributed by atoms with Crippen molar-refractivity contribution in [2.24, 2.45) is 0 Å². The van der Waals surface area contributed by atoms with Crippen LogP contribution in [0.2, 0.25) is 0 Å². The largest absolute Gasteiger partial charge is 0.394 e. The predicted molar refractivity (Wildman–Crippen MR) is 76.3 cm³/mol. The van der Waals surface area contributed by atoms with Gasteiger partial charge in [-0.15, -0.1) is 0 Å². The number of rotatable bonds is 5. The SMILES string of the molecule is O=[N+]([O-])c1cccc(S(=O)(=O)NC2(CO)CCCCC2)c1. The third-order valence-corrected chi connectivity index (χ3v) is 5.38. The summed E-state index contributed by atoms with van der Waals surface area (Å²) < 4.78 is 27.3. The quantitative estimate of drug-likeness (QED) is 0.633. The lowest BCUT2D eigenvalue weighted by atomic mass is 9.83. The van der Waals surface area contributed by atoms with Gasteiger partial charge in [-0.1, -0.05) is 25.3 Å². The summed E-state index contributed by atoms with van der Waals surface area (Å²) in [5.41, 5.74) is -1.14. The lowest BCUT2D eigenvalue weighted by molar-refractivity contribution is -0.385. The van der Waals surface area contributed by atoms with Gasteiger partial charge in [0.15, 0.2) is 0 Å². The number of nitrogens with zero attached hydrogens (tertiary/aromatic N) is 1. The summed E-state index contributed by atoms with van der Waals surface area (Å²) in [6.07, 6.45) is 3.84. The topological polar surface area (TPSA) is 110 Å². The van der Waals surface area contributed by atoms with Gasteiger partial charge in [-0.2, -0.15) is 0 Å². The summed E-state index contributed by atoms with van der Waals surface area (Å²) in [4.78, 5) is 9.94. The molecule has 0 aliphatic heterocycles. The van der Waals surface area contributed by atoms with Crippen molar-refractivity contribution in [3.8, 4) is 0 Å². The number of benzene rings is 1. The van der Waals surface area contributed by atoms with Crippen molar-refractivity contribution in [1.29, 1.82) is 0 Å². The van der Waals surface area contributed by atoms with Crippen LogP contribution in [-0.4, -0.2) is 30.6 Å². The third-order valence-electron chi connectivity index (χ3n) is 3.80. The first kappa shape index (κ1) is 15.9. The highest BCUT2D eigenvalue weighted by molar-refractivity contribution is 7.89. The summed E-state index contributed by atoms with van der Waals surface area (Å²) in [6, 6.07) is 4.90. The molecule has 0 heterocycles. The average molecular weight is 314 g/mol. The summed E-state index contributed by atoms with van der Waals surface area (Å²) >= 11 is 0. The molecule has 116 valence electrons. The van der Waals surface area contributed by atoms with Crippen molar-refractivity contribution in [2.75, 3.05) is 6.61 Å². The fraction of sp³-hybridized carbons (Fsp3) is 0.538. The molecule has 8 heteroatoms. The molecule has 1 aromatic carbocycles. The van der Waals surface area contributed by atoms with Crippen LogP contribution < -0.4 is 4.72 Å². The molecule has 0 aromatic heterocycles. The molecule has 1 aliphatic carbocycles. The molecule has 1 aliphatic rings. The van der Waals surface area contributed by atoms with E-state index in [1.165, 1.54) is 18.2 Å². The standard InChI is InChI=1S/C13H18N2O5S/c16-10-13(7-2-1-3-8-13)14-21(19,20)12-6-4-5-11(9-12)15(17)18/h4-6,9,14,16H,1-3,7-8,10H2. The Kier molecular flexibility index (Phi) is 4.60. The van der Waals surface area contributed by atoms with E-state index < -0.39 is 20.5 Å². The molecule has 0 spiro atoms. The maximum Gasteiger partial charge on any atom is 0.270 e. The van der Waals surface area contributed by atoms with E-state index in [9.17, 15) is 23.6 Å². The van der Waals surface area contributed by atoms with E-state index in [0.29, 0.717) is 12.8 Å². The average Bonchev–Trinajstić information content (AvgIpc) is 2.48. The number of non-ortho nitro benzene ring substituents is 1. The van der Waals surface area contributed by atoms with Crippen LogP contribution in [0.25, 0.3) is 0 Å². The zero-order valence-corrected chi connectivity index (χ0v) is 12.3. The third kappa shape index (κ3) is 3.58. The second-order valence-corrected chi connectivity index (χ2v) is 7.04. The molecule has 0 radical (unpaired) electrons. The second kappa shape index (κ2) is 6.08. The van der Waals surface area contributed by atoms with Gasteiger partial charge in [0.2, 0.25) is 10.0 Å². The van der Waals surface area contributed by atoms with Gasteiger partial charge in [-0.3, -0.25) is 10.1 Å². The smallest absolute Gasteiger partial charge is 0.270 e. The van der Waals surface area contributed by atoms with Crippen molar-refractivity contribution in [3.63, 3.8) is 0 Å². The molecule has 1 aromatic rings. The minimum atomic E-state index is -3.90. The highest BCUT2D eigenvalue weighted by Gasteiger charge is 2.36. The lowest BCUT2D eigenvalue weighted by Crippen LogP contribution is -2.52. The van der Waals surface area contributed by atoms with Crippen molar-refractivity contribution in [3.05, 3.63) is 34.4 Å². The number of aliphatic hydroxyl groups excluding tert-OH is 1. The van der Waals surface area contributed by atoms with Gasteiger partial charge in [0.25, 0.3) is 5.69 Å². The Morgan fingerprint density at radius 2 is 1.95 bits per heavy atom. The maximum atomic E-state index is 12.4. The Labute approximate surface area is 123 Å². The van der Waals surface area contributed by atoms with Crippen molar-refractivity contribution < 1.29 is 18.4 Å². The molecule has 1 saturated carbocycles. The van der Waals surface area contributed by atoms with Crippen LogP contribution in [0.15, 0.2) is 29.2 Å². The van der Waals surface area contributed by atoms with Gasteiger partial charge in [0, 0.05) is 12.1 Å². The van der Waals surface area contributed by atoms with E-state index in [1.54, 1.807) is 0 Å². The van der Waals surface area contributed by atoms with Crippen LogP contribution in [-0.2, 0) is 10.0 Å². The molecule has 0 amide bonds. The summed E-state index contributed by atoms with van der Waals surface area (Å²) in [7, 11) is -3.90. The fourth-order valence-corrected chi connectivity index (χ4v) is 4.12. The van der Waals surface area contributed by atoms with Gasteiger partial charge in [0.05, 0.1) is 22.0 Å². The summed E-state index contributed by atoms with van der Waals surface area (Å²) in [6.45, 7) is -0.277. The number of hydrogen-bond acceptors (Lipinski definition) is 5. The van der Waals surface area contributed by atoms with Gasteiger partial charge >= 0.3 is 0 Å². The first-order chi connectivity index (χ1) is 9.88. The first-order valence-corrected chi connectivity index (χ1v) is 8.26. The van der Waals surface area contributed by atoms with E-state index >= 15 is 0 Å². The molecule has 2 N–H and O–H groups in total. The summed E-state index contributed by atoms with van der Waals surface area (Å²) in [5, 5.41) is 20.3. The monoisotopic (exact) mass is 314 g/mol. The Balaban J connectivity index is 2.29. The Hall–Kier alpha value is -1.51. The van der Waals surface area contributed by atoms with Crippen LogP contribution in [0, 0.1) is 10.1 Å². The molecule has 1 fully saturated rings. The minimum absolute atomic E-state index is 0.157. The van der Waals surface area contributed by atoms with Crippen LogP contribution in [0.4, 0.5) is 5.69 Å². The van der Waals surface area contributed by atoms with E-state index in [0.717, 1.165) is 25.3 Å². The first-order valence-electron chi connectivity index (χ1n) is 6.78. The van der Waals surface area contributed by atoms with Gasteiger partial charge < -0.3 is 5.11 Å². The highest BCUT2D eigenvalue weighted by atomic mass is 32.2. The van der Waals surface area contributed by atoms with Gasteiger partial charge in [0.1, 0.15) is 0 Å². The molecule has 7 nitrogen and oxygen atoms in total. The molecule has 21 heavy (non-hydrogen) atoms. The Morgan fingerprint density at radius 3 is 2.52 bits per heavy atom. The van der Waals surface area contributed by atoms with Gasteiger partial charge in [-0.05, 0) is 18.9 Å². The molecule has 2 rings (SSSR count). The van der Waals surface area contributed by atoms with Crippen molar-refractivity contribution in [1.82, 2.24) is 4.72 Å².